The van der Waals surface area contributed by atoms with Gasteiger partial charge >= 0.3 is 5.97 Å². The molecule has 4 nitrogen and oxygen atoms in total. The second kappa shape index (κ2) is 5.77. The normalized spacial score (nSPS) is 9.93. The number of thiophene rings is 1. The lowest BCUT2D eigenvalue weighted by atomic mass is 10.5. The SMILES string of the molecule is CN(CC(=O)O)C(=O)CSc1cccs1. The highest BCUT2D eigenvalue weighted by atomic mass is 32.2. The van der Waals surface area contributed by atoms with Gasteiger partial charge in [0.2, 0.25) is 5.91 Å². The predicted molar refractivity (Wildman–Crippen MR) is 60.3 cm³/mol. The fourth-order valence-electron chi connectivity index (χ4n) is 0.880. The minimum Gasteiger partial charge on any atom is -0.480 e. The molecule has 0 spiro atoms. The topological polar surface area (TPSA) is 57.6 Å². The van der Waals surface area contributed by atoms with E-state index in [1.165, 1.54) is 23.7 Å². The quantitative estimate of drug-likeness (QED) is 0.796. The maximum Gasteiger partial charge on any atom is 0.323 e. The standard InChI is InChI=1S/C9H11NO3S2/c1-10(5-8(12)13)7(11)6-15-9-3-2-4-14-9/h2-4H,5-6H2,1H3,(H,12,13). The summed E-state index contributed by atoms with van der Waals surface area (Å²) in [6.07, 6.45) is 0. The number of rotatable bonds is 5. The Balaban J connectivity index is 2.32. The Morgan fingerprint density at radius 1 is 1.60 bits per heavy atom. The number of carbonyl (C=O) groups excluding carboxylic acids is 1. The molecule has 0 unspecified atom stereocenters. The Morgan fingerprint density at radius 3 is 2.87 bits per heavy atom. The number of hydrogen-bond donors (Lipinski definition) is 1. The molecule has 1 amide bonds. The van der Waals surface area contributed by atoms with E-state index in [9.17, 15) is 9.59 Å². The van der Waals surface area contributed by atoms with Gasteiger partial charge in [-0.15, -0.1) is 23.1 Å². The Hall–Kier alpha value is -1.01. The third-order valence-corrected chi connectivity index (χ3v) is 3.75. The van der Waals surface area contributed by atoms with Gasteiger partial charge in [0.15, 0.2) is 0 Å². The number of aliphatic carboxylic acids is 1. The van der Waals surface area contributed by atoms with Gasteiger partial charge in [-0.2, -0.15) is 0 Å². The molecule has 82 valence electrons. The summed E-state index contributed by atoms with van der Waals surface area (Å²) in [6.45, 7) is -0.246. The lowest BCUT2D eigenvalue weighted by Gasteiger charge is -2.13. The van der Waals surface area contributed by atoms with Gasteiger partial charge in [0.05, 0.1) is 9.96 Å². The largest absolute Gasteiger partial charge is 0.480 e. The van der Waals surface area contributed by atoms with E-state index in [1.54, 1.807) is 11.3 Å². The Morgan fingerprint density at radius 2 is 2.33 bits per heavy atom. The minimum absolute atomic E-state index is 0.171. The lowest BCUT2D eigenvalue weighted by Crippen LogP contribution is -2.33. The molecule has 1 aromatic heterocycles. The van der Waals surface area contributed by atoms with Crippen molar-refractivity contribution in [2.75, 3.05) is 19.3 Å². The maximum atomic E-state index is 11.4. The van der Waals surface area contributed by atoms with E-state index in [-0.39, 0.29) is 18.2 Å². The van der Waals surface area contributed by atoms with Crippen LogP contribution in [0.2, 0.25) is 0 Å². The van der Waals surface area contributed by atoms with Crippen LogP contribution in [0.1, 0.15) is 0 Å². The smallest absolute Gasteiger partial charge is 0.323 e. The summed E-state index contributed by atoms with van der Waals surface area (Å²) in [4.78, 5) is 23.0. The molecular formula is C9H11NO3S2. The van der Waals surface area contributed by atoms with E-state index < -0.39 is 5.97 Å². The van der Waals surface area contributed by atoms with Crippen molar-refractivity contribution in [2.45, 2.75) is 4.21 Å². The molecule has 1 aromatic rings. The molecule has 0 aliphatic carbocycles. The number of carboxylic acid groups (broad SMARTS) is 1. The molecule has 15 heavy (non-hydrogen) atoms. The summed E-state index contributed by atoms with van der Waals surface area (Å²) in [5, 5.41) is 10.4. The minimum atomic E-state index is -0.994. The molecule has 0 saturated carbocycles. The number of carboxylic acids is 1. The summed E-state index contributed by atoms with van der Waals surface area (Å²) < 4.78 is 1.06. The number of nitrogens with zero attached hydrogens (tertiary/aromatic N) is 1. The molecule has 0 aromatic carbocycles. The summed E-state index contributed by atoms with van der Waals surface area (Å²) in [7, 11) is 1.49. The van der Waals surface area contributed by atoms with Crippen molar-refractivity contribution < 1.29 is 14.7 Å². The first-order valence-electron chi connectivity index (χ1n) is 4.21. The second-order valence-corrected chi connectivity index (χ2v) is 5.09. The van der Waals surface area contributed by atoms with Gasteiger partial charge in [-0.1, -0.05) is 6.07 Å². The van der Waals surface area contributed by atoms with E-state index in [0.717, 1.165) is 4.21 Å². The molecule has 6 heteroatoms. The monoisotopic (exact) mass is 245 g/mol. The summed E-state index contributed by atoms with van der Waals surface area (Å²) >= 11 is 2.99. The van der Waals surface area contributed by atoms with E-state index >= 15 is 0 Å². The van der Waals surface area contributed by atoms with Crippen LogP contribution in [-0.2, 0) is 9.59 Å². The van der Waals surface area contributed by atoms with Gasteiger partial charge in [-0.05, 0) is 11.4 Å². The van der Waals surface area contributed by atoms with Crippen LogP contribution in [0.3, 0.4) is 0 Å². The van der Waals surface area contributed by atoms with Gasteiger partial charge in [0, 0.05) is 7.05 Å². The molecule has 1 N–H and O–H groups in total. The van der Waals surface area contributed by atoms with Crippen molar-refractivity contribution in [1.29, 1.82) is 0 Å². The zero-order valence-corrected chi connectivity index (χ0v) is 9.81. The first-order valence-corrected chi connectivity index (χ1v) is 6.08. The van der Waals surface area contributed by atoms with Crippen LogP contribution < -0.4 is 0 Å². The Kier molecular flexibility index (Phi) is 4.64. The van der Waals surface area contributed by atoms with E-state index in [1.807, 2.05) is 17.5 Å². The zero-order chi connectivity index (χ0) is 11.3. The van der Waals surface area contributed by atoms with E-state index in [4.69, 9.17) is 5.11 Å². The zero-order valence-electron chi connectivity index (χ0n) is 8.17. The molecular weight excluding hydrogens is 234 g/mol. The molecule has 0 atom stereocenters. The summed E-state index contributed by atoms with van der Waals surface area (Å²) in [5.41, 5.74) is 0. The summed E-state index contributed by atoms with van der Waals surface area (Å²) in [6, 6.07) is 3.85. The Labute approximate surface area is 95.9 Å². The second-order valence-electron chi connectivity index (χ2n) is 2.86. The number of carbonyl (C=O) groups is 2. The molecule has 0 bridgehead atoms. The van der Waals surface area contributed by atoms with Crippen LogP contribution in [0, 0.1) is 0 Å². The number of likely N-dealkylation sites (N-methyl/N-ethyl adjacent to an activating group) is 1. The highest BCUT2D eigenvalue weighted by molar-refractivity contribution is 8.01. The van der Waals surface area contributed by atoms with Crippen molar-refractivity contribution in [1.82, 2.24) is 4.90 Å². The van der Waals surface area contributed by atoms with Crippen LogP contribution in [0.25, 0.3) is 0 Å². The molecule has 0 radical (unpaired) electrons. The third kappa shape index (κ3) is 4.35. The van der Waals surface area contributed by atoms with Crippen molar-refractivity contribution >= 4 is 35.0 Å². The number of thioether (sulfide) groups is 1. The van der Waals surface area contributed by atoms with Crippen molar-refractivity contribution in [3.8, 4) is 0 Å². The molecule has 1 heterocycles. The van der Waals surface area contributed by atoms with Gasteiger partial charge < -0.3 is 10.0 Å². The van der Waals surface area contributed by atoms with Gasteiger partial charge in [0.25, 0.3) is 0 Å². The third-order valence-electron chi connectivity index (χ3n) is 1.63. The Bertz CT molecular complexity index is 337. The van der Waals surface area contributed by atoms with Crippen LogP contribution in [-0.4, -0.2) is 41.2 Å². The van der Waals surface area contributed by atoms with E-state index in [2.05, 4.69) is 0 Å². The fraction of sp³-hybridized carbons (Fsp3) is 0.333. The maximum absolute atomic E-state index is 11.4. The van der Waals surface area contributed by atoms with Crippen molar-refractivity contribution in [2.24, 2.45) is 0 Å². The molecule has 0 aliphatic heterocycles. The van der Waals surface area contributed by atoms with Gasteiger partial charge in [-0.25, -0.2) is 0 Å². The summed E-state index contributed by atoms with van der Waals surface area (Å²) in [5.74, 6) is -0.882. The number of hydrogen-bond acceptors (Lipinski definition) is 4. The van der Waals surface area contributed by atoms with Crippen LogP contribution in [0.4, 0.5) is 0 Å². The molecule has 0 fully saturated rings. The van der Waals surface area contributed by atoms with Crippen molar-refractivity contribution in [3.63, 3.8) is 0 Å². The van der Waals surface area contributed by atoms with Gasteiger partial charge in [-0.3, -0.25) is 9.59 Å². The number of amides is 1. The first kappa shape index (κ1) is 12.1. The molecule has 1 rings (SSSR count). The highest BCUT2D eigenvalue weighted by Gasteiger charge is 2.12. The van der Waals surface area contributed by atoms with Gasteiger partial charge in [0.1, 0.15) is 6.54 Å². The van der Waals surface area contributed by atoms with Crippen LogP contribution in [0.5, 0.6) is 0 Å². The lowest BCUT2D eigenvalue weighted by molar-refractivity contribution is -0.142. The van der Waals surface area contributed by atoms with Crippen molar-refractivity contribution in [3.05, 3.63) is 17.5 Å². The highest BCUT2D eigenvalue weighted by Crippen LogP contribution is 2.23. The van der Waals surface area contributed by atoms with Crippen LogP contribution in [0.15, 0.2) is 21.7 Å². The van der Waals surface area contributed by atoms with E-state index in [0.29, 0.717) is 0 Å². The molecule has 0 saturated heterocycles. The average Bonchev–Trinajstić information content (AvgIpc) is 2.65. The predicted octanol–water partition coefficient (Wildman–Crippen LogP) is 1.38. The fourth-order valence-corrected chi connectivity index (χ4v) is 2.60. The first-order chi connectivity index (χ1) is 7.09. The average molecular weight is 245 g/mol. The van der Waals surface area contributed by atoms with Crippen LogP contribution >= 0.6 is 23.1 Å². The molecule has 0 aliphatic rings.